The molecule has 3 aliphatic heterocycles. The molecule has 3 heterocycles. The SMILES string of the molecule is COc1ccc2c(c1)[C@]13CCN(CC4CC4)[C@H](C2)[C@]12CC[C@](CO)(C3)O2. The molecule has 140 valence electrons. The van der Waals surface area contributed by atoms with E-state index >= 15 is 0 Å². The number of nitrogens with zero attached hydrogens (tertiary/aromatic N) is 1. The number of hydrogen-bond donors (Lipinski definition) is 1. The summed E-state index contributed by atoms with van der Waals surface area (Å²) >= 11 is 0. The molecule has 0 unspecified atom stereocenters. The molecule has 1 saturated carbocycles. The van der Waals surface area contributed by atoms with Crippen LogP contribution < -0.4 is 4.74 Å². The van der Waals surface area contributed by atoms with Gasteiger partial charge in [-0.05, 0) is 80.7 Å². The average Bonchev–Trinajstić information content (AvgIpc) is 3.33. The highest BCUT2D eigenvalue weighted by Gasteiger charge is 2.75. The minimum atomic E-state index is -0.321. The van der Waals surface area contributed by atoms with Crippen LogP contribution in [0.1, 0.15) is 49.7 Å². The highest BCUT2D eigenvalue weighted by atomic mass is 16.6. The average molecular weight is 355 g/mol. The van der Waals surface area contributed by atoms with E-state index in [4.69, 9.17) is 9.47 Å². The maximum absolute atomic E-state index is 10.2. The molecule has 5 aliphatic rings. The van der Waals surface area contributed by atoms with Crippen molar-refractivity contribution < 1.29 is 14.6 Å². The molecule has 4 bridgehead atoms. The lowest BCUT2D eigenvalue weighted by molar-refractivity contribution is -0.146. The summed E-state index contributed by atoms with van der Waals surface area (Å²) in [6.45, 7) is 2.57. The van der Waals surface area contributed by atoms with Crippen molar-refractivity contribution in [2.24, 2.45) is 5.92 Å². The van der Waals surface area contributed by atoms with Gasteiger partial charge in [0.1, 0.15) is 5.75 Å². The van der Waals surface area contributed by atoms with Crippen molar-refractivity contribution >= 4 is 0 Å². The fourth-order valence-electron chi connectivity index (χ4n) is 6.99. The molecular weight excluding hydrogens is 326 g/mol. The van der Waals surface area contributed by atoms with Gasteiger partial charge in [-0.3, -0.25) is 4.90 Å². The molecule has 0 aromatic heterocycles. The van der Waals surface area contributed by atoms with Gasteiger partial charge in [0.15, 0.2) is 0 Å². The van der Waals surface area contributed by atoms with Crippen LogP contribution in [0.4, 0.5) is 0 Å². The summed E-state index contributed by atoms with van der Waals surface area (Å²) in [7, 11) is 1.76. The van der Waals surface area contributed by atoms with E-state index in [1.165, 1.54) is 37.1 Å². The van der Waals surface area contributed by atoms with Gasteiger partial charge in [0, 0.05) is 18.0 Å². The maximum Gasteiger partial charge on any atom is 0.119 e. The Morgan fingerprint density at radius 2 is 2.15 bits per heavy atom. The van der Waals surface area contributed by atoms with Crippen LogP contribution >= 0.6 is 0 Å². The van der Waals surface area contributed by atoms with Gasteiger partial charge in [0.2, 0.25) is 0 Å². The molecule has 26 heavy (non-hydrogen) atoms. The summed E-state index contributed by atoms with van der Waals surface area (Å²) in [6, 6.07) is 7.14. The molecule has 4 nitrogen and oxygen atoms in total. The molecule has 1 aromatic carbocycles. The van der Waals surface area contributed by atoms with E-state index in [1.54, 1.807) is 7.11 Å². The number of piperidine rings is 1. The van der Waals surface area contributed by atoms with Gasteiger partial charge in [-0.15, -0.1) is 0 Å². The first kappa shape index (κ1) is 15.9. The molecule has 4 atom stereocenters. The van der Waals surface area contributed by atoms with Gasteiger partial charge in [-0.1, -0.05) is 6.07 Å². The third kappa shape index (κ3) is 1.81. The Hall–Kier alpha value is -1.10. The molecule has 4 fully saturated rings. The topological polar surface area (TPSA) is 41.9 Å². The zero-order valence-electron chi connectivity index (χ0n) is 15.7. The highest BCUT2D eigenvalue weighted by Crippen LogP contribution is 2.69. The highest BCUT2D eigenvalue weighted by molar-refractivity contribution is 5.51. The van der Waals surface area contributed by atoms with Crippen molar-refractivity contribution in [3.8, 4) is 5.75 Å². The van der Waals surface area contributed by atoms with Crippen molar-refractivity contribution in [2.45, 2.75) is 67.6 Å². The van der Waals surface area contributed by atoms with Crippen molar-refractivity contribution in [1.82, 2.24) is 4.90 Å². The van der Waals surface area contributed by atoms with Crippen LogP contribution in [0.3, 0.4) is 0 Å². The number of hydrogen-bond acceptors (Lipinski definition) is 4. The molecule has 1 spiro atoms. The Morgan fingerprint density at radius 1 is 1.27 bits per heavy atom. The molecule has 3 saturated heterocycles. The zero-order chi connectivity index (χ0) is 17.6. The Labute approximate surface area is 155 Å². The second-order valence-electron chi connectivity index (χ2n) is 9.52. The maximum atomic E-state index is 10.2. The predicted octanol–water partition coefficient (Wildman–Crippen LogP) is 2.66. The number of fused-ring (bicyclic) bond motifs is 2. The molecule has 6 rings (SSSR count). The second kappa shape index (κ2) is 5.03. The third-order valence-corrected chi connectivity index (χ3v) is 8.31. The Balaban J connectivity index is 1.52. The quantitative estimate of drug-likeness (QED) is 0.902. The van der Waals surface area contributed by atoms with Gasteiger partial charge >= 0.3 is 0 Å². The molecule has 1 aromatic rings. The molecule has 1 N–H and O–H groups in total. The van der Waals surface area contributed by atoms with Gasteiger partial charge in [-0.25, -0.2) is 0 Å². The summed E-state index contributed by atoms with van der Waals surface area (Å²) in [5.74, 6) is 1.86. The number of benzene rings is 1. The van der Waals surface area contributed by atoms with Gasteiger partial charge in [-0.2, -0.15) is 0 Å². The number of aliphatic hydroxyl groups excluding tert-OH is 1. The first-order valence-corrected chi connectivity index (χ1v) is 10.4. The van der Waals surface area contributed by atoms with Crippen molar-refractivity contribution in [3.05, 3.63) is 29.3 Å². The van der Waals surface area contributed by atoms with E-state index in [-0.39, 0.29) is 23.2 Å². The fourth-order valence-corrected chi connectivity index (χ4v) is 6.99. The van der Waals surface area contributed by atoms with Crippen molar-refractivity contribution in [1.29, 1.82) is 0 Å². The Morgan fingerprint density at radius 3 is 2.92 bits per heavy atom. The summed E-state index contributed by atoms with van der Waals surface area (Å²) < 4.78 is 12.5. The van der Waals surface area contributed by atoms with E-state index in [0.29, 0.717) is 6.04 Å². The Kier molecular flexibility index (Phi) is 3.08. The largest absolute Gasteiger partial charge is 0.497 e. The lowest BCUT2D eigenvalue weighted by Gasteiger charge is -2.60. The second-order valence-corrected chi connectivity index (χ2v) is 9.52. The zero-order valence-corrected chi connectivity index (χ0v) is 15.7. The minimum absolute atomic E-state index is 0.0564. The van der Waals surface area contributed by atoms with E-state index < -0.39 is 0 Å². The van der Waals surface area contributed by atoms with E-state index in [0.717, 1.165) is 43.8 Å². The van der Waals surface area contributed by atoms with Gasteiger partial charge < -0.3 is 14.6 Å². The first-order chi connectivity index (χ1) is 12.6. The number of likely N-dealkylation sites (tertiary alicyclic amines) is 1. The Bertz CT molecular complexity index is 762. The standard InChI is InChI=1S/C22H29NO3/c1-25-17-5-4-16-10-19-22-7-6-20(14-24,26-22)13-21(22,18(16)11-17)8-9-23(19)12-15-2-3-15/h4-5,11,15,19,24H,2-3,6-10,12-14H2,1H3/t19-,20-,21-,22-/m1/s1. The third-order valence-electron chi connectivity index (χ3n) is 8.31. The van der Waals surface area contributed by atoms with Gasteiger partial charge in [0.25, 0.3) is 0 Å². The van der Waals surface area contributed by atoms with Crippen LogP contribution in [0.5, 0.6) is 5.75 Å². The van der Waals surface area contributed by atoms with Crippen LogP contribution in [-0.4, -0.2) is 54.1 Å². The minimum Gasteiger partial charge on any atom is -0.497 e. The summed E-state index contributed by atoms with van der Waals surface area (Å²) in [5.41, 5.74) is 2.56. The monoisotopic (exact) mass is 355 g/mol. The lowest BCUT2D eigenvalue weighted by atomic mass is 9.50. The summed E-state index contributed by atoms with van der Waals surface area (Å²) in [6.07, 6.45) is 8.11. The van der Waals surface area contributed by atoms with E-state index in [9.17, 15) is 5.11 Å². The number of rotatable bonds is 4. The van der Waals surface area contributed by atoms with Crippen LogP contribution in [-0.2, 0) is 16.6 Å². The summed E-state index contributed by atoms with van der Waals surface area (Å²) in [5, 5.41) is 10.2. The van der Waals surface area contributed by atoms with Crippen LogP contribution in [0.15, 0.2) is 18.2 Å². The molecule has 2 aliphatic carbocycles. The van der Waals surface area contributed by atoms with Gasteiger partial charge in [0.05, 0.1) is 24.9 Å². The molecular formula is C22H29NO3. The normalized spacial score (nSPS) is 43.2. The van der Waals surface area contributed by atoms with Crippen LogP contribution in [0.2, 0.25) is 0 Å². The predicted molar refractivity (Wildman–Crippen MR) is 98.6 cm³/mol. The number of methoxy groups -OCH3 is 1. The summed E-state index contributed by atoms with van der Waals surface area (Å²) in [4.78, 5) is 2.75. The number of aliphatic hydroxyl groups is 1. The lowest BCUT2D eigenvalue weighted by Crippen LogP contribution is -2.69. The molecule has 4 heteroatoms. The number of ether oxygens (including phenoxy) is 2. The van der Waals surface area contributed by atoms with E-state index in [2.05, 4.69) is 23.1 Å². The van der Waals surface area contributed by atoms with Crippen molar-refractivity contribution in [2.75, 3.05) is 26.8 Å². The fraction of sp³-hybridized carbons (Fsp3) is 0.727. The molecule has 0 amide bonds. The van der Waals surface area contributed by atoms with Crippen molar-refractivity contribution in [3.63, 3.8) is 0 Å². The van der Waals surface area contributed by atoms with E-state index in [1.807, 2.05) is 0 Å². The smallest absolute Gasteiger partial charge is 0.119 e. The van der Waals surface area contributed by atoms with Crippen LogP contribution in [0, 0.1) is 5.92 Å². The molecule has 0 radical (unpaired) electrons. The van der Waals surface area contributed by atoms with Crippen LogP contribution in [0.25, 0.3) is 0 Å². The first-order valence-electron chi connectivity index (χ1n) is 10.4.